The van der Waals surface area contributed by atoms with Gasteiger partial charge >= 0.3 is 5.97 Å². The number of hydrogen-bond donors (Lipinski definition) is 2. The lowest BCUT2D eigenvalue weighted by Gasteiger charge is -2.20. The van der Waals surface area contributed by atoms with Gasteiger partial charge in [0.2, 0.25) is 5.91 Å². The molecule has 1 saturated carbocycles. The Morgan fingerprint density at radius 1 is 1.00 bits per heavy atom. The molecule has 0 saturated heterocycles. The molecule has 1 aliphatic carbocycles. The molecule has 1 amide bonds. The van der Waals surface area contributed by atoms with E-state index in [1.165, 1.54) is 32.1 Å². The predicted molar refractivity (Wildman–Crippen MR) is 104 cm³/mol. The number of anilines is 1. The summed E-state index contributed by atoms with van der Waals surface area (Å²) in [5.74, 6) is -0.237. The Balaban J connectivity index is 0.000000244. The molecule has 5 heteroatoms. The molecular weight excluding hydrogens is 340 g/mol. The molecular formula is C22H24N2O3. The Morgan fingerprint density at radius 3 is 2.15 bits per heavy atom. The van der Waals surface area contributed by atoms with E-state index in [-0.39, 0.29) is 5.91 Å². The van der Waals surface area contributed by atoms with Gasteiger partial charge in [-0.2, -0.15) is 5.26 Å². The Kier molecular flexibility index (Phi) is 8.05. The van der Waals surface area contributed by atoms with Crippen molar-refractivity contribution in [2.45, 2.75) is 38.5 Å². The molecule has 0 spiro atoms. The van der Waals surface area contributed by atoms with Crippen molar-refractivity contribution in [3.8, 4) is 6.07 Å². The Morgan fingerprint density at radius 2 is 1.63 bits per heavy atom. The lowest BCUT2D eigenvalue weighted by atomic mass is 9.87. The summed E-state index contributed by atoms with van der Waals surface area (Å²) in [6, 6.07) is 17.3. The van der Waals surface area contributed by atoms with Crippen LogP contribution in [-0.4, -0.2) is 17.0 Å². The van der Waals surface area contributed by atoms with Gasteiger partial charge in [0.15, 0.2) is 0 Å². The highest BCUT2D eigenvalue weighted by molar-refractivity contribution is 5.90. The van der Waals surface area contributed by atoms with Crippen molar-refractivity contribution < 1.29 is 14.7 Å². The fourth-order valence-electron chi connectivity index (χ4n) is 3.07. The van der Waals surface area contributed by atoms with E-state index in [1.807, 2.05) is 0 Å². The van der Waals surface area contributed by atoms with Crippen LogP contribution in [0.25, 0.3) is 0 Å². The van der Waals surface area contributed by atoms with Crippen molar-refractivity contribution in [3.05, 3.63) is 65.7 Å². The molecule has 27 heavy (non-hydrogen) atoms. The van der Waals surface area contributed by atoms with Gasteiger partial charge in [-0.25, -0.2) is 4.79 Å². The van der Waals surface area contributed by atoms with Gasteiger partial charge in [0.25, 0.3) is 0 Å². The predicted octanol–water partition coefficient (Wildman–Crippen LogP) is 4.85. The summed E-state index contributed by atoms with van der Waals surface area (Å²) in [6.45, 7) is 0. The molecule has 2 N–H and O–H groups in total. The lowest BCUT2D eigenvalue weighted by Crippen LogP contribution is -2.18. The first-order chi connectivity index (χ1) is 13.1. The van der Waals surface area contributed by atoms with E-state index >= 15 is 0 Å². The topological polar surface area (TPSA) is 90.2 Å². The monoisotopic (exact) mass is 364 g/mol. The highest BCUT2D eigenvalue weighted by Crippen LogP contribution is 2.26. The summed E-state index contributed by atoms with van der Waals surface area (Å²) in [5, 5.41) is 20.0. The molecule has 1 fully saturated rings. The van der Waals surface area contributed by atoms with Crippen molar-refractivity contribution in [3.63, 3.8) is 0 Å². The number of carboxylic acid groups (broad SMARTS) is 1. The van der Waals surface area contributed by atoms with Crippen LogP contribution in [0.4, 0.5) is 5.69 Å². The number of amides is 1. The fourth-order valence-corrected chi connectivity index (χ4v) is 3.07. The van der Waals surface area contributed by atoms with Crippen LogP contribution in [0, 0.1) is 17.2 Å². The second-order valence-corrected chi connectivity index (χ2v) is 6.62. The minimum atomic E-state index is -0.879. The molecule has 2 aromatic rings. The molecule has 2 aromatic carbocycles. The van der Waals surface area contributed by atoms with E-state index in [9.17, 15) is 9.59 Å². The van der Waals surface area contributed by atoms with Crippen molar-refractivity contribution in [1.29, 1.82) is 5.26 Å². The van der Waals surface area contributed by atoms with Gasteiger partial charge < -0.3 is 10.4 Å². The van der Waals surface area contributed by atoms with Gasteiger partial charge in [0.05, 0.1) is 17.2 Å². The molecule has 0 heterocycles. The number of carbonyl (C=O) groups is 2. The first kappa shape index (κ1) is 20.2. The van der Waals surface area contributed by atoms with E-state index in [2.05, 4.69) is 11.4 Å². The molecule has 0 unspecified atom stereocenters. The van der Waals surface area contributed by atoms with Crippen molar-refractivity contribution in [2.75, 3.05) is 5.32 Å². The van der Waals surface area contributed by atoms with Gasteiger partial charge in [-0.15, -0.1) is 0 Å². The number of hydrogen-bond acceptors (Lipinski definition) is 3. The van der Waals surface area contributed by atoms with Crippen molar-refractivity contribution >= 4 is 17.6 Å². The maximum absolute atomic E-state index is 11.9. The zero-order valence-corrected chi connectivity index (χ0v) is 15.2. The summed E-state index contributed by atoms with van der Waals surface area (Å²) in [6.07, 6.45) is 6.82. The Labute approximate surface area is 159 Å². The number of benzene rings is 2. The summed E-state index contributed by atoms with van der Waals surface area (Å²) < 4.78 is 0. The fraction of sp³-hybridized carbons (Fsp3) is 0.318. The third kappa shape index (κ3) is 7.33. The quantitative estimate of drug-likeness (QED) is 0.811. The molecule has 0 aliphatic heterocycles. The molecule has 3 rings (SSSR count). The molecule has 0 bridgehead atoms. The average molecular weight is 364 g/mol. The highest BCUT2D eigenvalue weighted by atomic mass is 16.4. The minimum absolute atomic E-state index is 0.0895. The number of nitrogens with zero attached hydrogens (tertiary/aromatic N) is 1. The third-order valence-electron chi connectivity index (χ3n) is 4.52. The van der Waals surface area contributed by atoms with Gasteiger partial charge in [-0.3, -0.25) is 4.79 Å². The van der Waals surface area contributed by atoms with Crippen LogP contribution in [0.15, 0.2) is 54.6 Å². The van der Waals surface area contributed by atoms with Crippen LogP contribution < -0.4 is 5.32 Å². The lowest BCUT2D eigenvalue weighted by molar-refractivity contribution is -0.117. The van der Waals surface area contributed by atoms with Crippen LogP contribution >= 0.6 is 0 Å². The van der Waals surface area contributed by atoms with Crippen LogP contribution in [0.1, 0.15) is 54.4 Å². The first-order valence-corrected chi connectivity index (χ1v) is 9.17. The SMILES string of the molecule is N#Cc1ccc(NC(=O)CC2CCCCC2)cc1.O=C(O)c1ccccc1. The van der Waals surface area contributed by atoms with Crippen molar-refractivity contribution in [1.82, 2.24) is 0 Å². The van der Waals surface area contributed by atoms with Gasteiger partial charge in [-0.05, 0) is 55.2 Å². The second-order valence-electron chi connectivity index (χ2n) is 6.62. The Hall–Kier alpha value is -3.13. The van der Waals surface area contributed by atoms with E-state index in [0.29, 0.717) is 23.5 Å². The number of nitriles is 1. The summed E-state index contributed by atoms with van der Waals surface area (Å²) in [7, 11) is 0. The molecule has 5 nitrogen and oxygen atoms in total. The maximum Gasteiger partial charge on any atom is 0.335 e. The number of carboxylic acids is 1. The van der Waals surface area contributed by atoms with Crippen LogP contribution in [0.5, 0.6) is 0 Å². The van der Waals surface area contributed by atoms with E-state index < -0.39 is 5.97 Å². The largest absolute Gasteiger partial charge is 0.478 e. The zero-order valence-electron chi connectivity index (χ0n) is 15.2. The van der Waals surface area contributed by atoms with Gasteiger partial charge in [0.1, 0.15) is 0 Å². The molecule has 0 radical (unpaired) electrons. The maximum atomic E-state index is 11.9. The van der Waals surface area contributed by atoms with Crippen LogP contribution in [-0.2, 0) is 4.79 Å². The third-order valence-corrected chi connectivity index (χ3v) is 4.52. The number of nitrogens with one attached hydrogen (secondary N) is 1. The number of carbonyl (C=O) groups excluding carboxylic acids is 1. The molecule has 0 atom stereocenters. The van der Waals surface area contributed by atoms with Crippen LogP contribution in [0.2, 0.25) is 0 Å². The zero-order chi connectivity index (χ0) is 19.5. The van der Waals surface area contributed by atoms with E-state index in [1.54, 1.807) is 54.6 Å². The van der Waals surface area contributed by atoms with Gasteiger partial charge in [-0.1, -0.05) is 37.5 Å². The Bertz CT molecular complexity index is 773. The minimum Gasteiger partial charge on any atom is -0.478 e. The second kappa shape index (κ2) is 10.8. The summed E-state index contributed by atoms with van der Waals surface area (Å²) >= 11 is 0. The standard InChI is InChI=1S/C15H18N2O.C7H6O2/c16-11-13-6-8-14(9-7-13)17-15(18)10-12-4-2-1-3-5-12;8-7(9)6-4-2-1-3-5-6/h6-9,12H,1-5,10H2,(H,17,18);1-5H,(H,8,9). The summed E-state index contributed by atoms with van der Waals surface area (Å²) in [5.41, 5.74) is 1.72. The van der Waals surface area contributed by atoms with E-state index in [4.69, 9.17) is 10.4 Å². The smallest absolute Gasteiger partial charge is 0.335 e. The van der Waals surface area contributed by atoms with E-state index in [0.717, 1.165) is 5.69 Å². The normalized spacial score (nSPS) is 13.6. The molecule has 140 valence electrons. The number of rotatable bonds is 4. The molecule has 0 aromatic heterocycles. The van der Waals surface area contributed by atoms with Gasteiger partial charge in [0, 0.05) is 12.1 Å². The highest BCUT2D eigenvalue weighted by Gasteiger charge is 2.16. The molecule has 1 aliphatic rings. The first-order valence-electron chi connectivity index (χ1n) is 9.17. The van der Waals surface area contributed by atoms with Crippen molar-refractivity contribution in [2.24, 2.45) is 5.92 Å². The average Bonchev–Trinajstić information content (AvgIpc) is 2.70. The van der Waals surface area contributed by atoms with Crippen LogP contribution in [0.3, 0.4) is 0 Å². The number of aromatic carboxylic acids is 1. The summed E-state index contributed by atoms with van der Waals surface area (Å²) in [4.78, 5) is 22.1.